The zero-order valence-corrected chi connectivity index (χ0v) is 12.6. The van der Waals surface area contributed by atoms with Crippen LogP contribution in [-0.2, 0) is 0 Å². The highest BCUT2D eigenvalue weighted by molar-refractivity contribution is 6.04. The summed E-state index contributed by atoms with van der Waals surface area (Å²) >= 11 is 0. The van der Waals surface area contributed by atoms with Crippen LogP contribution in [0.1, 0.15) is 21.5 Å². The van der Waals surface area contributed by atoms with Gasteiger partial charge in [-0.1, -0.05) is 30.3 Å². The molecule has 0 saturated carbocycles. The molecule has 22 heavy (non-hydrogen) atoms. The minimum absolute atomic E-state index is 0.157. The number of hydrogen-bond donors (Lipinski definition) is 1. The maximum atomic E-state index is 12.4. The minimum atomic E-state index is -0.157. The van der Waals surface area contributed by atoms with Gasteiger partial charge in [0.2, 0.25) is 0 Å². The van der Waals surface area contributed by atoms with E-state index in [1.807, 2.05) is 62.4 Å². The molecule has 0 aliphatic carbocycles. The Morgan fingerprint density at radius 3 is 2.64 bits per heavy atom. The molecular formula is C18H17N3O. The van der Waals surface area contributed by atoms with Gasteiger partial charge in [0.1, 0.15) is 0 Å². The summed E-state index contributed by atoms with van der Waals surface area (Å²) in [6.07, 6.45) is 3.31. The van der Waals surface area contributed by atoms with Crippen LogP contribution in [0.15, 0.2) is 60.9 Å². The first kappa shape index (κ1) is 14.1. The van der Waals surface area contributed by atoms with Crippen LogP contribution in [0.2, 0.25) is 0 Å². The monoisotopic (exact) mass is 291 g/mol. The van der Waals surface area contributed by atoms with Crippen molar-refractivity contribution in [2.24, 2.45) is 0 Å². The van der Waals surface area contributed by atoms with Crippen molar-refractivity contribution in [3.8, 4) is 5.69 Å². The summed E-state index contributed by atoms with van der Waals surface area (Å²) in [7, 11) is 0. The number of benzene rings is 2. The van der Waals surface area contributed by atoms with Gasteiger partial charge in [0, 0.05) is 11.9 Å². The molecule has 1 aromatic heterocycles. The first-order valence-corrected chi connectivity index (χ1v) is 7.12. The van der Waals surface area contributed by atoms with Crippen LogP contribution < -0.4 is 5.32 Å². The van der Waals surface area contributed by atoms with Crippen LogP contribution in [-0.4, -0.2) is 15.7 Å². The lowest BCUT2D eigenvalue weighted by atomic mass is 10.1. The molecule has 0 aliphatic heterocycles. The Morgan fingerprint density at radius 2 is 1.86 bits per heavy atom. The largest absolute Gasteiger partial charge is 0.322 e. The molecule has 4 nitrogen and oxygen atoms in total. The van der Waals surface area contributed by atoms with Crippen molar-refractivity contribution in [3.05, 3.63) is 77.6 Å². The summed E-state index contributed by atoms with van der Waals surface area (Å²) < 4.78 is 1.69. The fraction of sp³-hybridized carbons (Fsp3) is 0.111. The molecule has 4 heteroatoms. The van der Waals surface area contributed by atoms with E-state index in [1.54, 1.807) is 17.1 Å². The molecular weight excluding hydrogens is 274 g/mol. The van der Waals surface area contributed by atoms with E-state index in [4.69, 9.17) is 0 Å². The molecule has 1 amide bonds. The summed E-state index contributed by atoms with van der Waals surface area (Å²) in [4.78, 5) is 12.4. The summed E-state index contributed by atoms with van der Waals surface area (Å²) in [5.41, 5.74) is 4.44. The summed E-state index contributed by atoms with van der Waals surface area (Å²) in [5, 5.41) is 7.18. The Bertz CT molecular complexity index is 806. The normalized spacial score (nSPS) is 10.5. The zero-order valence-electron chi connectivity index (χ0n) is 12.6. The van der Waals surface area contributed by atoms with Crippen molar-refractivity contribution in [2.75, 3.05) is 5.32 Å². The van der Waals surface area contributed by atoms with Gasteiger partial charge in [-0.05, 0) is 43.2 Å². The van der Waals surface area contributed by atoms with Crippen LogP contribution in [0, 0.1) is 13.8 Å². The molecule has 0 bridgehead atoms. The van der Waals surface area contributed by atoms with Gasteiger partial charge in [0.25, 0.3) is 5.91 Å². The number of aromatic nitrogens is 2. The van der Waals surface area contributed by atoms with E-state index in [2.05, 4.69) is 10.4 Å². The van der Waals surface area contributed by atoms with E-state index in [0.717, 1.165) is 22.5 Å². The number of carbonyl (C=O) groups excluding carboxylic acids is 1. The van der Waals surface area contributed by atoms with Gasteiger partial charge in [-0.15, -0.1) is 0 Å². The van der Waals surface area contributed by atoms with E-state index >= 15 is 0 Å². The molecule has 3 rings (SSSR count). The number of aryl methyl sites for hydroxylation is 2. The topological polar surface area (TPSA) is 46.9 Å². The second-order valence-corrected chi connectivity index (χ2v) is 5.28. The average Bonchev–Trinajstić information content (AvgIpc) is 3.02. The third-order valence-electron chi connectivity index (χ3n) is 3.51. The van der Waals surface area contributed by atoms with E-state index in [0.29, 0.717) is 5.56 Å². The highest BCUT2D eigenvalue weighted by Crippen LogP contribution is 2.17. The van der Waals surface area contributed by atoms with Gasteiger partial charge in [0.15, 0.2) is 0 Å². The smallest absolute Gasteiger partial charge is 0.258 e. The molecule has 110 valence electrons. The molecule has 0 saturated heterocycles. The average molecular weight is 291 g/mol. The van der Waals surface area contributed by atoms with Gasteiger partial charge >= 0.3 is 0 Å². The Kier molecular flexibility index (Phi) is 3.74. The van der Waals surface area contributed by atoms with Crippen molar-refractivity contribution in [2.45, 2.75) is 13.8 Å². The first-order chi connectivity index (χ1) is 10.6. The molecule has 0 fully saturated rings. The quantitative estimate of drug-likeness (QED) is 0.799. The second-order valence-electron chi connectivity index (χ2n) is 5.28. The highest BCUT2D eigenvalue weighted by Gasteiger charge is 2.11. The van der Waals surface area contributed by atoms with Crippen molar-refractivity contribution in [1.82, 2.24) is 9.78 Å². The van der Waals surface area contributed by atoms with Crippen molar-refractivity contribution in [3.63, 3.8) is 0 Å². The number of hydrogen-bond acceptors (Lipinski definition) is 2. The lowest BCUT2D eigenvalue weighted by molar-refractivity contribution is 0.102. The minimum Gasteiger partial charge on any atom is -0.322 e. The molecule has 0 aliphatic rings. The third-order valence-corrected chi connectivity index (χ3v) is 3.51. The van der Waals surface area contributed by atoms with Gasteiger partial charge in [0.05, 0.1) is 17.4 Å². The zero-order chi connectivity index (χ0) is 15.5. The molecule has 2 aromatic carbocycles. The molecule has 1 N–H and O–H groups in total. The molecule has 1 heterocycles. The van der Waals surface area contributed by atoms with Crippen molar-refractivity contribution >= 4 is 11.6 Å². The molecule has 0 radical (unpaired) electrons. The highest BCUT2D eigenvalue weighted by atomic mass is 16.1. The van der Waals surface area contributed by atoms with E-state index in [9.17, 15) is 4.79 Å². The summed E-state index contributed by atoms with van der Waals surface area (Å²) in [5.74, 6) is -0.157. The van der Waals surface area contributed by atoms with E-state index < -0.39 is 0 Å². The lowest BCUT2D eigenvalue weighted by Gasteiger charge is -2.08. The van der Waals surface area contributed by atoms with Gasteiger partial charge in [-0.2, -0.15) is 5.10 Å². The van der Waals surface area contributed by atoms with Crippen LogP contribution in [0.3, 0.4) is 0 Å². The van der Waals surface area contributed by atoms with Crippen LogP contribution in [0.5, 0.6) is 0 Å². The summed E-state index contributed by atoms with van der Waals surface area (Å²) in [6, 6.07) is 15.7. The number of amides is 1. The third kappa shape index (κ3) is 2.91. The Morgan fingerprint density at radius 1 is 1.09 bits per heavy atom. The number of rotatable bonds is 3. The number of anilines is 1. The molecule has 0 atom stereocenters. The predicted molar refractivity (Wildman–Crippen MR) is 87.4 cm³/mol. The maximum Gasteiger partial charge on any atom is 0.258 e. The molecule has 3 aromatic rings. The van der Waals surface area contributed by atoms with Crippen molar-refractivity contribution in [1.29, 1.82) is 0 Å². The molecule has 0 spiro atoms. The summed E-state index contributed by atoms with van der Waals surface area (Å²) in [6.45, 7) is 3.98. The van der Waals surface area contributed by atoms with Gasteiger partial charge in [-0.3, -0.25) is 4.79 Å². The second kappa shape index (κ2) is 5.85. The van der Waals surface area contributed by atoms with Gasteiger partial charge in [-0.25, -0.2) is 4.68 Å². The number of nitrogens with one attached hydrogen (secondary N) is 1. The lowest BCUT2D eigenvalue weighted by Crippen LogP contribution is -2.12. The standard InChI is InChI=1S/C18H17N3O/c1-13-8-9-14(2)17(10-13)20-18(22)15-11-19-21(12-15)16-6-4-3-5-7-16/h3-12H,1-2H3,(H,20,22). The van der Waals surface area contributed by atoms with Crippen LogP contribution in [0.4, 0.5) is 5.69 Å². The maximum absolute atomic E-state index is 12.4. The SMILES string of the molecule is Cc1ccc(C)c(NC(=O)c2cnn(-c3ccccc3)c2)c1. The number of carbonyl (C=O) groups is 1. The first-order valence-electron chi connectivity index (χ1n) is 7.12. The fourth-order valence-electron chi connectivity index (χ4n) is 2.23. The number of para-hydroxylation sites is 1. The van der Waals surface area contributed by atoms with Crippen LogP contribution >= 0.6 is 0 Å². The van der Waals surface area contributed by atoms with E-state index in [-0.39, 0.29) is 5.91 Å². The molecule has 0 unspecified atom stereocenters. The fourth-order valence-corrected chi connectivity index (χ4v) is 2.23. The van der Waals surface area contributed by atoms with Crippen LogP contribution in [0.25, 0.3) is 5.69 Å². The Balaban J connectivity index is 1.81. The number of nitrogens with zero attached hydrogens (tertiary/aromatic N) is 2. The predicted octanol–water partition coefficient (Wildman–Crippen LogP) is 3.74. The Labute approximate surface area is 129 Å². The van der Waals surface area contributed by atoms with E-state index in [1.165, 1.54) is 0 Å². The van der Waals surface area contributed by atoms with Crippen molar-refractivity contribution < 1.29 is 4.79 Å². The Hall–Kier alpha value is -2.88. The van der Waals surface area contributed by atoms with Gasteiger partial charge < -0.3 is 5.32 Å².